The average molecular weight is 259 g/mol. The van der Waals surface area contributed by atoms with E-state index < -0.39 is 11.8 Å². The maximum atomic E-state index is 13.3. The van der Waals surface area contributed by atoms with Crippen LogP contribution in [0, 0.1) is 11.2 Å². The van der Waals surface area contributed by atoms with Crippen LogP contribution in [0.4, 0.5) is 14.9 Å². The van der Waals surface area contributed by atoms with Crippen LogP contribution in [0.2, 0.25) is 5.02 Å². The van der Waals surface area contributed by atoms with Gasteiger partial charge >= 0.3 is 6.03 Å². The van der Waals surface area contributed by atoms with Gasteiger partial charge in [-0.2, -0.15) is 0 Å². The number of halogens is 2. The van der Waals surface area contributed by atoms with Crippen molar-refractivity contribution in [3.63, 3.8) is 0 Å². The fraction of sp³-hybridized carbons (Fsp3) is 0.417. The molecule has 0 saturated heterocycles. The molecule has 94 valence electrons. The van der Waals surface area contributed by atoms with Gasteiger partial charge in [-0.15, -0.1) is 0 Å². The van der Waals surface area contributed by atoms with Crippen LogP contribution in [0.5, 0.6) is 0 Å². The normalized spacial score (nSPS) is 11.1. The van der Waals surface area contributed by atoms with E-state index in [0.717, 1.165) is 0 Å². The van der Waals surface area contributed by atoms with Gasteiger partial charge < -0.3 is 10.6 Å². The van der Waals surface area contributed by atoms with Crippen LogP contribution < -0.4 is 10.6 Å². The Morgan fingerprint density at radius 1 is 1.41 bits per heavy atom. The van der Waals surface area contributed by atoms with Gasteiger partial charge in [0.15, 0.2) is 0 Å². The lowest BCUT2D eigenvalue weighted by molar-refractivity contribution is 0.247. The molecule has 2 N–H and O–H groups in total. The van der Waals surface area contributed by atoms with Crippen LogP contribution in [-0.2, 0) is 0 Å². The molecule has 0 unspecified atom stereocenters. The second kappa shape index (κ2) is 5.36. The third kappa shape index (κ3) is 5.04. The molecular weight excluding hydrogens is 243 g/mol. The van der Waals surface area contributed by atoms with Gasteiger partial charge in [-0.25, -0.2) is 9.18 Å². The van der Waals surface area contributed by atoms with Gasteiger partial charge in [-0.1, -0.05) is 32.4 Å². The third-order valence-electron chi connectivity index (χ3n) is 1.96. The smallest absolute Gasteiger partial charge is 0.319 e. The number of nitrogens with one attached hydrogen (secondary N) is 2. The Bertz CT molecular complexity index is 415. The van der Waals surface area contributed by atoms with Gasteiger partial charge in [0.25, 0.3) is 0 Å². The molecule has 1 aromatic carbocycles. The Morgan fingerprint density at radius 2 is 2.06 bits per heavy atom. The van der Waals surface area contributed by atoms with E-state index in [1.165, 1.54) is 18.2 Å². The number of rotatable bonds is 2. The Morgan fingerprint density at radius 3 is 2.65 bits per heavy atom. The Balaban J connectivity index is 2.59. The summed E-state index contributed by atoms with van der Waals surface area (Å²) in [6.45, 7) is 6.48. The molecule has 0 fully saturated rings. The van der Waals surface area contributed by atoms with Crippen LogP contribution in [0.15, 0.2) is 18.2 Å². The summed E-state index contributed by atoms with van der Waals surface area (Å²) in [7, 11) is 0. The number of urea groups is 1. The van der Waals surface area contributed by atoms with Crippen molar-refractivity contribution >= 4 is 23.3 Å². The van der Waals surface area contributed by atoms with Crippen LogP contribution in [0.1, 0.15) is 20.8 Å². The summed E-state index contributed by atoms with van der Waals surface area (Å²) in [5.41, 5.74) is 0.0495. The maximum Gasteiger partial charge on any atom is 0.319 e. The zero-order valence-electron chi connectivity index (χ0n) is 10.1. The quantitative estimate of drug-likeness (QED) is 0.835. The van der Waals surface area contributed by atoms with Crippen molar-refractivity contribution in [2.75, 3.05) is 11.9 Å². The average Bonchev–Trinajstić information content (AvgIpc) is 2.20. The maximum absolute atomic E-state index is 13.3. The topological polar surface area (TPSA) is 41.1 Å². The molecule has 3 nitrogen and oxygen atoms in total. The molecule has 0 aromatic heterocycles. The van der Waals surface area contributed by atoms with E-state index in [4.69, 9.17) is 11.6 Å². The number of hydrogen-bond acceptors (Lipinski definition) is 1. The molecule has 1 aromatic rings. The summed E-state index contributed by atoms with van der Waals surface area (Å²) in [5.74, 6) is -0.514. The summed E-state index contributed by atoms with van der Waals surface area (Å²) in [5, 5.41) is 5.44. The Labute approximate surface area is 105 Å². The Hall–Kier alpha value is -1.29. The van der Waals surface area contributed by atoms with Crippen molar-refractivity contribution < 1.29 is 9.18 Å². The molecule has 0 spiro atoms. The summed E-state index contributed by atoms with van der Waals surface area (Å²) in [6.07, 6.45) is 0. The number of anilines is 1. The molecule has 0 atom stereocenters. The minimum Gasteiger partial charge on any atom is -0.337 e. The molecule has 17 heavy (non-hydrogen) atoms. The lowest BCUT2D eigenvalue weighted by Crippen LogP contribution is -2.35. The summed E-state index contributed by atoms with van der Waals surface area (Å²) in [6, 6.07) is 3.56. The van der Waals surface area contributed by atoms with Crippen molar-refractivity contribution in [1.82, 2.24) is 5.32 Å². The van der Waals surface area contributed by atoms with E-state index in [2.05, 4.69) is 10.6 Å². The fourth-order valence-corrected chi connectivity index (χ4v) is 1.28. The number of carbonyl (C=O) groups is 1. The first-order chi connectivity index (χ1) is 7.78. The van der Waals surface area contributed by atoms with Crippen LogP contribution >= 0.6 is 11.6 Å². The molecule has 0 aliphatic rings. The minimum atomic E-state index is -0.514. The summed E-state index contributed by atoms with van der Waals surface area (Å²) >= 11 is 5.71. The molecule has 0 saturated carbocycles. The zero-order valence-corrected chi connectivity index (χ0v) is 10.9. The minimum absolute atomic E-state index is 0.0236. The summed E-state index contributed by atoms with van der Waals surface area (Å²) in [4.78, 5) is 11.5. The predicted octanol–water partition coefficient (Wildman–Crippen LogP) is 3.65. The van der Waals surface area contributed by atoms with E-state index in [-0.39, 0.29) is 11.1 Å². The van der Waals surface area contributed by atoms with Crippen LogP contribution in [0.25, 0.3) is 0 Å². The number of benzene rings is 1. The van der Waals surface area contributed by atoms with E-state index in [9.17, 15) is 9.18 Å². The highest BCUT2D eigenvalue weighted by Gasteiger charge is 2.13. The van der Waals surface area contributed by atoms with Crippen LogP contribution in [-0.4, -0.2) is 12.6 Å². The van der Waals surface area contributed by atoms with E-state index in [1.807, 2.05) is 20.8 Å². The van der Waals surface area contributed by atoms with Crippen molar-refractivity contribution in [2.45, 2.75) is 20.8 Å². The lowest BCUT2D eigenvalue weighted by Gasteiger charge is -2.19. The van der Waals surface area contributed by atoms with E-state index in [1.54, 1.807) is 0 Å². The van der Waals surface area contributed by atoms with Crippen molar-refractivity contribution in [2.24, 2.45) is 5.41 Å². The highest BCUT2D eigenvalue weighted by atomic mass is 35.5. The molecule has 0 heterocycles. The highest BCUT2D eigenvalue weighted by Crippen LogP contribution is 2.19. The van der Waals surface area contributed by atoms with Gasteiger partial charge in [0.05, 0.1) is 5.69 Å². The SMILES string of the molecule is CC(C)(C)CNC(=O)Nc1cc(Cl)ccc1F. The first-order valence-corrected chi connectivity index (χ1v) is 5.66. The number of hydrogen-bond donors (Lipinski definition) is 2. The molecule has 0 aliphatic heterocycles. The summed E-state index contributed by atoms with van der Waals surface area (Å²) < 4.78 is 13.3. The number of carbonyl (C=O) groups excluding carboxylic acids is 1. The molecule has 0 radical (unpaired) electrons. The van der Waals surface area contributed by atoms with Crippen molar-refractivity contribution in [1.29, 1.82) is 0 Å². The largest absolute Gasteiger partial charge is 0.337 e. The van der Waals surface area contributed by atoms with Gasteiger partial charge in [0, 0.05) is 11.6 Å². The monoisotopic (exact) mass is 258 g/mol. The first kappa shape index (κ1) is 13.8. The van der Waals surface area contributed by atoms with Crippen LogP contribution in [0.3, 0.4) is 0 Å². The molecule has 0 bridgehead atoms. The second-order valence-corrected chi connectivity index (χ2v) is 5.43. The third-order valence-corrected chi connectivity index (χ3v) is 2.19. The van der Waals surface area contributed by atoms with Gasteiger partial charge in [-0.05, 0) is 23.6 Å². The zero-order chi connectivity index (χ0) is 13.1. The molecule has 1 rings (SSSR count). The standard InChI is InChI=1S/C12H16ClFN2O/c1-12(2,3)7-15-11(17)16-10-6-8(13)4-5-9(10)14/h4-6H,7H2,1-3H3,(H2,15,16,17). The van der Waals surface area contributed by atoms with Crippen molar-refractivity contribution in [3.8, 4) is 0 Å². The molecule has 0 aliphatic carbocycles. The van der Waals surface area contributed by atoms with Crippen molar-refractivity contribution in [3.05, 3.63) is 29.0 Å². The molecular formula is C12H16ClFN2O. The predicted molar refractivity (Wildman–Crippen MR) is 67.9 cm³/mol. The van der Waals surface area contributed by atoms with E-state index >= 15 is 0 Å². The Kier molecular flexibility index (Phi) is 4.34. The first-order valence-electron chi connectivity index (χ1n) is 5.28. The number of amides is 2. The van der Waals surface area contributed by atoms with Gasteiger partial charge in [0.1, 0.15) is 5.82 Å². The van der Waals surface area contributed by atoms with Gasteiger partial charge in [-0.3, -0.25) is 0 Å². The van der Waals surface area contributed by atoms with E-state index in [0.29, 0.717) is 11.6 Å². The second-order valence-electron chi connectivity index (χ2n) is 4.99. The fourth-order valence-electron chi connectivity index (χ4n) is 1.11. The highest BCUT2D eigenvalue weighted by molar-refractivity contribution is 6.30. The molecule has 5 heteroatoms. The molecule has 2 amide bonds. The van der Waals surface area contributed by atoms with Gasteiger partial charge in [0.2, 0.25) is 0 Å². The lowest BCUT2D eigenvalue weighted by atomic mass is 9.97.